The molecule has 0 saturated heterocycles. The highest BCUT2D eigenvalue weighted by Gasteiger charge is 2.34. The summed E-state index contributed by atoms with van der Waals surface area (Å²) in [6.07, 6.45) is 3.27. The van der Waals surface area contributed by atoms with Gasteiger partial charge in [0, 0.05) is 27.0 Å². The molecule has 0 bridgehead atoms. The lowest BCUT2D eigenvalue weighted by atomic mass is 9.95. The number of amides is 1. The van der Waals surface area contributed by atoms with Crippen molar-refractivity contribution in [1.29, 1.82) is 0 Å². The highest BCUT2D eigenvalue weighted by Crippen LogP contribution is 2.37. The SMILES string of the molecule is CC1=C(C(=O)Nc2cccnc2)C(c2ccc(Br)cc2)n2nc(-c3ccc(Cl)cc3)nc2N1. The molecule has 33 heavy (non-hydrogen) atoms. The molecular formula is C24H18BrClN6O. The summed E-state index contributed by atoms with van der Waals surface area (Å²) < 4.78 is 2.70. The molecule has 2 aromatic heterocycles. The summed E-state index contributed by atoms with van der Waals surface area (Å²) in [5.74, 6) is 0.858. The van der Waals surface area contributed by atoms with Crippen LogP contribution in [-0.4, -0.2) is 25.7 Å². The van der Waals surface area contributed by atoms with E-state index < -0.39 is 6.04 Å². The number of fused-ring (bicyclic) bond motifs is 1. The van der Waals surface area contributed by atoms with E-state index in [1.54, 1.807) is 41.3 Å². The molecule has 0 aliphatic carbocycles. The molecular weight excluding hydrogens is 504 g/mol. The molecule has 0 spiro atoms. The van der Waals surface area contributed by atoms with Gasteiger partial charge in [0.1, 0.15) is 6.04 Å². The van der Waals surface area contributed by atoms with E-state index in [1.165, 1.54) is 0 Å². The average Bonchev–Trinajstić information content (AvgIpc) is 3.23. The van der Waals surface area contributed by atoms with Crippen molar-refractivity contribution in [3.05, 3.63) is 99.4 Å². The molecule has 1 aliphatic rings. The molecule has 7 nitrogen and oxygen atoms in total. The van der Waals surface area contributed by atoms with Crippen LogP contribution in [0.4, 0.5) is 11.6 Å². The van der Waals surface area contributed by atoms with Gasteiger partial charge < -0.3 is 10.6 Å². The van der Waals surface area contributed by atoms with Crippen molar-refractivity contribution in [1.82, 2.24) is 19.7 Å². The first-order valence-electron chi connectivity index (χ1n) is 10.2. The van der Waals surface area contributed by atoms with Crippen molar-refractivity contribution in [3.8, 4) is 11.4 Å². The van der Waals surface area contributed by atoms with Gasteiger partial charge in [-0.15, -0.1) is 5.10 Å². The van der Waals surface area contributed by atoms with Crippen LogP contribution in [0.1, 0.15) is 18.5 Å². The zero-order chi connectivity index (χ0) is 22.9. The first-order chi connectivity index (χ1) is 16.0. The van der Waals surface area contributed by atoms with E-state index in [2.05, 4.69) is 36.5 Å². The van der Waals surface area contributed by atoms with Crippen LogP contribution in [0.5, 0.6) is 0 Å². The number of pyridine rings is 1. The van der Waals surface area contributed by atoms with Crippen LogP contribution in [0.15, 0.2) is 88.8 Å². The Morgan fingerprint density at radius 2 is 1.88 bits per heavy atom. The lowest BCUT2D eigenvalue weighted by molar-refractivity contribution is -0.113. The largest absolute Gasteiger partial charge is 0.328 e. The van der Waals surface area contributed by atoms with E-state index in [0.717, 1.165) is 15.6 Å². The molecule has 1 atom stereocenters. The molecule has 3 heterocycles. The molecule has 0 fully saturated rings. The van der Waals surface area contributed by atoms with Crippen LogP contribution in [0.3, 0.4) is 0 Å². The molecule has 5 rings (SSSR count). The van der Waals surface area contributed by atoms with Crippen molar-refractivity contribution in [2.75, 3.05) is 10.6 Å². The molecule has 2 aromatic carbocycles. The van der Waals surface area contributed by atoms with Crippen molar-refractivity contribution in [3.63, 3.8) is 0 Å². The van der Waals surface area contributed by atoms with Gasteiger partial charge in [0.2, 0.25) is 5.95 Å². The summed E-state index contributed by atoms with van der Waals surface area (Å²) >= 11 is 9.52. The molecule has 1 aliphatic heterocycles. The third kappa shape index (κ3) is 4.27. The lowest BCUT2D eigenvalue weighted by Crippen LogP contribution is -2.31. The number of carbonyl (C=O) groups excluding carboxylic acids is 1. The van der Waals surface area contributed by atoms with Crippen LogP contribution in [-0.2, 0) is 4.79 Å². The average molecular weight is 522 g/mol. The molecule has 4 aromatic rings. The van der Waals surface area contributed by atoms with Crippen LogP contribution in [0.2, 0.25) is 5.02 Å². The number of rotatable bonds is 4. The van der Waals surface area contributed by atoms with Gasteiger partial charge in [-0.2, -0.15) is 4.98 Å². The number of carbonyl (C=O) groups is 1. The Kier molecular flexibility index (Phi) is 5.70. The van der Waals surface area contributed by atoms with Crippen LogP contribution in [0.25, 0.3) is 11.4 Å². The predicted molar refractivity (Wildman–Crippen MR) is 132 cm³/mol. The zero-order valence-electron chi connectivity index (χ0n) is 17.5. The Balaban J connectivity index is 1.60. The third-order valence-corrected chi connectivity index (χ3v) is 6.09. The fourth-order valence-electron chi connectivity index (χ4n) is 3.75. The second-order valence-corrected chi connectivity index (χ2v) is 8.88. The summed E-state index contributed by atoms with van der Waals surface area (Å²) in [5.41, 5.74) is 3.59. The number of anilines is 2. The first-order valence-corrected chi connectivity index (χ1v) is 11.3. The summed E-state index contributed by atoms with van der Waals surface area (Å²) in [4.78, 5) is 22.2. The molecule has 9 heteroatoms. The maximum atomic E-state index is 13.4. The topological polar surface area (TPSA) is 84.7 Å². The van der Waals surface area contributed by atoms with E-state index in [-0.39, 0.29) is 5.91 Å². The number of hydrogen-bond donors (Lipinski definition) is 2. The Labute approximate surface area is 203 Å². The quantitative estimate of drug-likeness (QED) is 0.361. The number of benzene rings is 2. The van der Waals surface area contributed by atoms with Crippen molar-refractivity contribution >= 4 is 45.1 Å². The van der Waals surface area contributed by atoms with Gasteiger partial charge in [0.05, 0.1) is 17.5 Å². The Morgan fingerprint density at radius 1 is 1.12 bits per heavy atom. The number of aromatic nitrogens is 4. The minimum Gasteiger partial charge on any atom is -0.328 e. The maximum Gasteiger partial charge on any atom is 0.255 e. The summed E-state index contributed by atoms with van der Waals surface area (Å²) in [6, 6.07) is 18.3. The fourth-order valence-corrected chi connectivity index (χ4v) is 4.15. The van der Waals surface area contributed by atoms with Gasteiger partial charge in [0.15, 0.2) is 5.82 Å². The number of nitrogens with one attached hydrogen (secondary N) is 2. The van der Waals surface area contributed by atoms with Crippen molar-refractivity contribution in [2.45, 2.75) is 13.0 Å². The van der Waals surface area contributed by atoms with Crippen molar-refractivity contribution < 1.29 is 4.79 Å². The van der Waals surface area contributed by atoms with E-state index >= 15 is 0 Å². The van der Waals surface area contributed by atoms with Gasteiger partial charge >= 0.3 is 0 Å². The van der Waals surface area contributed by atoms with E-state index in [9.17, 15) is 4.79 Å². The highest BCUT2D eigenvalue weighted by molar-refractivity contribution is 9.10. The van der Waals surface area contributed by atoms with Crippen LogP contribution < -0.4 is 10.6 Å². The molecule has 1 amide bonds. The first kappa shape index (κ1) is 21.4. The van der Waals surface area contributed by atoms with Gasteiger partial charge in [-0.25, -0.2) is 4.68 Å². The Hall–Kier alpha value is -3.49. The number of hydrogen-bond acceptors (Lipinski definition) is 5. The second-order valence-electron chi connectivity index (χ2n) is 7.52. The number of allylic oxidation sites excluding steroid dienone is 1. The minimum absolute atomic E-state index is 0.241. The number of nitrogens with zero attached hydrogens (tertiary/aromatic N) is 4. The smallest absolute Gasteiger partial charge is 0.255 e. The second kappa shape index (κ2) is 8.80. The molecule has 0 radical (unpaired) electrons. The highest BCUT2D eigenvalue weighted by atomic mass is 79.9. The molecule has 0 saturated carbocycles. The minimum atomic E-state index is -0.473. The molecule has 2 N–H and O–H groups in total. The standard InChI is InChI=1S/C24H18BrClN6O/c1-14-20(23(33)29-19-3-2-12-27-13-19)21(15-4-8-17(25)9-5-15)32-24(28-14)30-22(31-32)16-6-10-18(26)11-7-16/h2-13,21H,1H3,(H,29,33)(H,28,30,31). The van der Waals surface area contributed by atoms with Gasteiger partial charge in [-0.05, 0) is 61.0 Å². The van der Waals surface area contributed by atoms with Gasteiger partial charge in [0.25, 0.3) is 5.91 Å². The van der Waals surface area contributed by atoms with E-state index in [1.807, 2.05) is 43.3 Å². The van der Waals surface area contributed by atoms with E-state index in [0.29, 0.717) is 33.8 Å². The van der Waals surface area contributed by atoms with E-state index in [4.69, 9.17) is 16.7 Å². The van der Waals surface area contributed by atoms with Crippen LogP contribution in [0, 0.1) is 0 Å². The summed E-state index contributed by atoms with van der Waals surface area (Å²) in [5, 5.41) is 11.6. The lowest BCUT2D eigenvalue weighted by Gasteiger charge is -2.28. The zero-order valence-corrected chi connectivity index (χ0v) is 19.8. The normalized spacial score (nSPS) is 15.1. The van der Waals surface area contributed by atoms with Crippen LogP contribution >= 0.6 is 27.5 Å². The fraction of sp³-hybridized carbons (Fsp3) is 0.0833. The Morgan fingerprint density at radius 3 is 2.58 bits per heavy atom. The van der Waals surface area contributed by atoms with Gasteiger partial charge in [-0.3, -0.25) is 9.78 Å². The maximum absolute atomic E-state index is 13.4. The third-order valence-electron chi connectivity index (χ3n) is 5.30. The molecule has 164 valence electrons. The number of halogens is 2. The van der Waals surface area contributed by atoms with Gasteiger partial charge in [-0.1, -0.05) is 39.7 Å². The van der Waals surface area contributed by atoms with Crippen molar-refractivity contribution in [2.24, 2.45) is 0 Å². The Bertz CT molecular complexity index is 1350. The monoisotopic (exact) mass is 520 g/mol. The summed E-state index contributed by atoms with van der Waals surface area (Å²) in [6.45, 7) is 1.87. The predicted octanol–water partition coefficient (Wildman–Crippen LogP) is 5.68. The molecule has 1 unspecified atom stereocenters. The summed E-state index contributed by atoms with van der Waals surface area (Å²) in [7, 11) is 0.